The maximum Gasteiger partial charge on any atom is 0.264 e. The molecule has 1 aliphatic rings. The van der Waals surface area contributed by atoms with Crippen LogP contribution in [0.25, 0.3) is 5.69 Å². The molecule has 1 fully saturated rings. The fourth-order valence-electron chi connectivity index (χ4n) is 2.78. The second-order valence-electron chi connectivity index (χ2n) is 6.06. The van der Waals surface area contributed by atoms with E-state index in [1.165, 1.54) is 16.0 Å². The average Bonchev–Trinajstić information content (AvgIpc) is 3.22. The molecule has 0 spiro atoms. The number of rotatable bonds is 6. The van der Waals surface area contributed by atoms with Gasteiger partial charge < -0.3 is 19.3 Å². The number of nitrogens with zero attached hydrogens (tertiary/aromatic N) is 3. The molecular weight excluding hydrogens is 354 g/mol. The predicted octanol–water partition coefficient (Wildman–Crippen LogP) is 1.90. The van der Waals surface area contributed by atoms with Crippen molar-refractivity contribution < 1.29 is 23.8 Å². The normalized spacial score (nSPS) is 13.6. The van der Waals surface area contributed by atoms with Crippen LogP contribution in [0.15, 0.2) is 46.3 Å². The molecule has 1 saturated carbocycles. The topological polar surface area (TPSA) is 82.5 Å². The van der Waals surface area contributed by atoms with Gasteiger partial charge in [0, 0.05) is 18.2 Å². The minimum Gasteiger partial charge on any atom is -0.539 e. The molecule has 2 aromatic heterocycles. The van der Waals surface area contributed by atoms with E-state index in [1.54, 1.807) is 42.3 Å². The van der Waals surface area contributed by atoms with Crippen LogP contribution in [-0.2, 0) is 6.54 Å². The fourth-order valence-corrected chi connectivity index (χ4v) is 3.46. The third-order valence-electron chi connectivity index (χ3n) is 4.31. The van der Waals surface area contributed by atoms with E-state index in [2.05, 4.69) is 5.27 Å². The van der Waals surface area contributed by atoms with E-state index in [0.717, 1.165) is 12.8 Å². The molecule has 26 heavy (non-hydrogen) atoms. The van der Waals surface area contributed by atoms with Crippen LogP contribution in [0.4, 0.5) is 0 Å². The molecule has 134 valence electrons. The highest BCUT2D eigenvalue weighted by Crippen LogP contribution is 2.31. The van der Waals surface area contributed by atoms with Crippen LogP contribution in [0.2, 0.25) is 0 Å². The van der Waals surface area contributed by atoms with Gasteiger partial charge >= 0.3 is 0 Å². The molecule has 7 nitrogen and oxygen atoms in total. The Labute approximate surface area is 154 Å². The van der Waals surface area contributed by atoms with Crippen LogP contribution in [0.3, 0.4) is 0 Å². The Morgan fingerprint density at radius 3 is 2.77 bits per heavy atom. The Hall–Kier alpha value is -2.87. The number of thiophene rings is 1. The van der Waals surface area contributed by atoms with Crippen molar-refractivity contribution in [3.05, 3.63) is 52.3 Å². The lowest BCUT2D eigenvalue weighted by Gasteiger charge is -2.19. The summed E-state index contributed by atoms with van der Waals surface area (Å²) in [5, 5.41) is 17.9. The number of amides is 1. The highest BCUT2D eigenvalue weighted by molar-refractivity contribution is 7.12. The van der Waals surface area contributed by atoms with Gasteiger partial charge in [0.2, 0.25) is 5.69 Å². The van der Waals surface area contributed by atoms with Crippen molar-refractivity contribution in [2.24, 2.45) is 0 Å². The summed E-state index contributed by atoms with van der Waals surface area (Å²) in [4.78, 5) is 15.2. The number of ether oxygens (including phenoxy) is 1. The van der Waals surface area contributed by atoms with Gasteiger partial charge in [-0.05, 0) is 41.1 Å². The second kappa shape index (κ2) is 6.80. The SMILES string of the molecule is COc1ccc(-[n+]2noc([O-])c2CN(C(=O)c2cccs2)C2CC2)cc1. The highest BCUT2D eigenvalue weighted by Gasteiger charge is 2.36. The Kier molecular flexibility index (Phi) is 4.34. The molecular formula is C18H17N3O4S. The quantitative estimate of drug-likeness (QED) is 0.618. The summed E-state index contributed by atoms with van der Waals surface area (Å²) in [6.07, 6.45) is 1.89. The molecule has 4 rings (SSSR count). The summed E-state index contributed by atoms with van der Waals surface area (Å²) < 4.78 is 11.5. The Bertz CT molecular complexity index is 901. The molecule has 1 amide bonds. The zero-order chi connectivity index (χ0) is 18.1. The van der Waals surface area contributed by atoms with Gasteiger partial charge in [0.1, 0.15) is 12.3 Å². The van der Waals surface area contributed by atoms with Gasteiger partial charge in [-0.1, -0.05) is 6.07 Å². The van der Waals surface area contributed by atoms with E-state index < -0.39 is 5.95 Å². The number of benzene rings is 1. The Balaban J connectivity index is 1.64. The third-order valence-corrected chi connectivity index (χ3v) is 5.17. The highest BCUT2D eigenvalue weighted by atomic mass is 32.1. The number of hydrogen-bond donors (Lipinski definition) is 0. The number of carbonyl (C=O) groups excluding carboxylic acids is 1. The van der Waals surface area contributed by atoms with Crippen molar-refractivity contribution >= 4 is 17.2 Å². The maximum absolute atomic E-state index is 12.8. The van der Waals surface area contributed by atoms with Crippen molar-refractivity contribution in [1.82, 2.24) is 10.2 Å². The smallest absolute Gasteiger partial charge is 0.264 e. The van der Waals surface area contributed by atoms with Crippen molar-refractivity contribution in [3.63, 3.8) is 0 Å². The molecule has 0 atom stereocenters. The molecule has 0 saturated heterocycles. The van der Waals surface area contributed by atoms with Crippen molar-refractivity contribution in [2.75, 3.05) is 7.11 Å². The monoisotopic (exact) mass is 371 g/mol. The molecule has 0 bridgehead atoms. The van der Waals surface area contributed by atoms with Gasteiger partial charge in [0.25, 0.3) is 11.6 Å². The van der Waals surface area contributed by atoms with Gasteiger partial charge in [-0.2, -0.15) is 0 Å². The molecule has 1 aliphatic carbocycles. The van der Waals surface area contributed by atoms with Crippen LogP contribution in [-0.4, -0.2) is 29.2 Å². The van der Waals surface area contributed by atoms with Gasteiger partial charge in [-0.25, -0.2) is 0 Å². The van der Waals surface area contributed by atoms with Crippen LogP contribution in [0.5, 0.6) is 11.7 Å². The molecule has 0 N–H and O–H groups in total. The largest absolute Gasteiger partial charge is 0.539 e. The van der Waals surface area contributed by atoms with Gasteiger partial charge in [0.05, 0.1) is 17.3 Å². The number of carbonyl (C=O) groups is 1. The minimum absolute atomic E-state index is 0.0654. The van der Waals surface area contributed by atoms with E-state index in [9.17, 15) is 9.90 Å². The predicted molar refractivity (Wildman–Crippen MR) is 91.2 cm³/mol. The summed E-state index contributed by atoms with van der Waals surface area (Å²) in [6, 6.07) is 10.9. The zero-order valence-electron chi connectivity index (χ0n) is 14.1. The van der Waals surface area contributed by atoms with E-state index in [4.69, 9.17) is 9.26 Å². The van der Waals surface area contributed by atoms with E-state index in [-0.39, 0.29) is 18.5 Å². The molecule has 8 heteroatoms. The van der Waals surface area contributed by atoms with Crippen molar-refractivity contribution in [3.8, 4) is 17.4 Å². The van der Waals surface area contributed by atoms with Crippen LogP contribution < -0.4 is 14.5 Å². The van der Waals surface area contributed by atoms with E-state index in [0.29, 0.717) is 22.0 Å². The molecule has 3 aromatic rings. The lowest BCUT2D eigenvalue weighted by Crippen LogP contribution is -2.42. The minimum atomic E-state index is -0.537. The van der Waals surface area contributed by atoms with Crippen LogP contribution in [0, 0.1) is 0 Å². The molecule has 0 aliphatic heterocycles. The summed E-state index contributed by atoms with van der Waals surface area (Å²) in [7, 11) is 1.59. The maximum atomic E-state index is 12.8. The number of methoxy groups -OCH3 is 1. The van der Waals surface area contributed by atoms with Crippen molar-refractivity contribution in [2.45, 2.75) is 25.4 Å². The van der Waals surface area contributed by atoms with Crippen molar-refractivity contribution in [1.29, 1.82) is 0 Å². The summed E-state index contributed by atoms with van der Waals surface area (Å²) in [5.74, 6) is 0.101. The summed E-state index contributed by atoms with van der Waals surface area (Å²) in [5.41, 5.74) is 0.998. The first-order chi connectivity index (χ1) is 12.7. The first-order valence-electron chi connectivity index (χ1n) is 8.24. The molecule has 0 unspecified atom stereocenters. The standard InChI is InChI=1S/C18H17N3O4S/c1-24-14-8-6-13(7-9-14)21-15(18(23)25-19-21)11-20(12-4-5-12)17(22)16-3-2-10-26-16/h2-3,6-10,12H,4-5,11H2,1H3. The number of hydrogen-bond acceptors (Lipinski definition) is 6. The molecule has 1 aromatic carbocycles. The van der Waals surface area contributed by atoms with Gasteiger partial charge in [0.15, 0.2) is 5.95 Å². The fraction of sp³-hybridized carbons (Fsp3) is 0.278. The van der Waals surface area contributed by atoms with Crippen LogP contribution >= 0.6 is 11.3 Å². The van der Waals surface area contributed by atoms with E-state index >= 15 is 0 Å². The number of aromatic nitrogens is 2. The van der Waals surface area contributed by atoms with Crippen LogP contribution in [0.1, 0.15) is 28.2 Å². The third kappa shape index (κ3) is 3.15. The Morgan fingerprint density at radius 2 is 2.15 bits per heavy atom. The molecule has 2 heterocycles. The Morgan fingerprint density at radius 1 is 1.38 bits per heavy atom. The van der Waals surface area contributed by atoms with Gasteiger partial charge in [-0.3, -0.25) is 4.79 Å². The second-order valence-corrected chi connectivity index (χ2v) is 7.01. The van der Waals surface area contributed by atoms with Gasteiger partial charge in [-0.15, -0.1) is 11.3 Å². The summed E-state index contributed by atoms with van der Waals surface area (Å²) in [6.45, 7) is 0.162. The lowest BCUT2D eigenvalue weighted by atomic mass is 10.2. The summed E-state index contributed by atoms with van der Waals surface area (Å²) >= 11 is 1.40. The lowest BCUT2D eigenvalue weighted by molar-refractivity contribution is -0.678. The zero-order valence-corrected chi connectivity index (χ0v) is 14.9. The average molecular weight is 371 g/mol. The molecule has 0 radical (unpaired) electrons. The van der Waals surface area contributed by atoms with E-state index in [1.807, 2.05) is 11.4 Å². The first kappa shape index (κ1) is 16.6. The first-order valence-corrected chi connectivity index (χ1v) is 9.12.